The summed E-state index contributed by atoms with van der Waals surface area (Å²) in [5, 5.41) is 9.84. The molecule has 1 N–H and O–H groups in total. The van der Waals surface area contributed by atoms with Gasteiger partial charge in [-0.25, -0.2) is 4.79 Å². The van der Waals surface area contributed by atoms with E-state index in [1.165, 1.54) is 12.8 Å². The lowest BCUT2D eigenvalue weighted by Crippen LogP contribution is -2.19. The Morgan fingerprint density at radius 2 is 1.95 bits per heavy atom. The molecule has 2 heterocycles. The number of rotatable bonds is 3. The Morgan fingerprint density at radius 1 is 1.20 bits per heavy atom. The summed E-state index contributed by atoms with van der Waals surface area (Å²) >= 11 is 0. The molecule has 1 aliphatic heterocycles. The second-order valence-electron chi connectivity index (χ2n) is 5.00. The Hall–Kier alpha value is -1.65. The molecular weight excluding hydrogens is 276 g/mol. The maximum atomic E-state index is 10.9. The first-order valence-corrected chi connectivity index (χ1v) is 6.58. The van der Waals surface area contributed by atoms with E-state index in [2.05, 4.69) is 9.88 Å². The summed E-state index contributed by atoms with van der Waals surface area (Å²) in [6, 6.07) is 9.01. The summed E-state index contributed by atoms with van der Waals surface area (Å²) in [6.07, 6.45) is 2.55. The third kappa shape index (κ3) is 3.08. The maximum Gasteiger partial charge on any atom is 0.335 e. The molecule has 1 fully saturated rings. The molecule has 0 spiro atoms. The minimum absolute atomic E-state index is 0. The fourth-order valence-electron chi connectivity index (χ4n) is 2.56. The summed E-state index contributed by atoms with van der Waals surface area (Å²) in [7, 11) is 0. The van der Waals surface area contributed by atoms with E-state index in [9.17, 15) is 4.79 Å². The lowest BCUT2D eigenvalue weighted by Gasteiger charge is -2.14. The molecule has 0 radical (unpaired) electrons. The predicted octanol–water partition coefficient (Wildman–Crippen LogP) is 2.95. The average molecular weight is 293 g/mol. The monoisotopic (exact) mass is 292 g/mol. The van der Waals surface area contributed by atoms with Gasteiger partial charge in [0.1, 0.15) is 0 Å². The number of pyridine rings is 1. The number of aromatic carboxylic acids is 1. The lowest BCUT2D eigenvalue weighted by atomic mass is 10.1. The van der Waals surface area contributed by atoms with Crippen molar-refractivity contribution in [1.29, 1.82) is 0 Å². The highest BCUT2D eigenvalue weighted by atomic mass is 35.5. The number of benzene rings is 1. The molecule has 1 aromatic heterocycles. The third-order valence-electron chi connectivity index (χ3n) is 3.58. The van der Waals surface area contributed by atoms with E-state index >= 15 is 0 Å². The largest absolute Gasteiger partial charge is 0.478 e. The van der Waals surface area contributed by atoms with Gasteiger partial charge in [0.25, 0.3) is 0 Å². The molecule has 0 amide bonds. The molecular formula is C15H17ClN2O2. The zero-order valence-electron chi connectivity index (χ0n) is 11.1. The number of fused-ring (bicyclic) bond motifs is 1. The standard InChI is InChI=1S/C15H16N2O2.ClH/c18-15(19)12-4-6-14-11(9-12)3-5-13(16-14)10-17-7-1-2-8-17;/h3-6,9H,1-2,7-8,10H2,(H,18,19);1H. The number of hydrogen-bond donors (Lipinski definition) is 1. The van der Waals surface area contributed by atoms with Crippen LogP contribution < -0.4 is 0 Å². The zero-order valence-corrected chi connectivity index (χ0v) is 11.9. The van der Waals surface area contributed by atoms with Gasteiger partial charge in [-0.1, -0.05) is 6.07 Å². The van der Waals surface area contributed by atoms with Crippen molar-refractivity contribution in [3.8, 4) is 0 Å². The van der Waals surface area contributed by atoms with Crippen molar-refractivity contribution >= 4 is 29.3 Å². The van der Waals surface area contributed by atoms with Crippen LogP contribution in [-0.4, -0.2) is 34.0 Å². The predicted molar refractivity (Wildman–Crippen MR) is 80.5 cm³/mol. The van der Waals surface area contributed by atoms with E-state index in [1.807, 2.05) is 12.1 Å². The van der Waals surface area contributed by atoms with Crippen LogP contribution in [0.3, 0.4) is 0 Å². The second-order valence-corrected chi connectivity index (χ2v) is 5.00. The average Bonchev–Trinajstić information content (AvgIpc) is 2.91. The molecule has 1 aliphatic rings. The van der Waals surface area contributed by atoms with Crippen molar-refractivity contribution in [2.45, 2.75) is 19.4 Å². The second kappa shape index (κ2) is 6.20. The van der Waals surface area contributed by atoms with Crippen LogP contribution in [0.2, 0.25) is 0 Å². The molecule has 0 atom stereocenters. The smallest absolute Gasteiger partial charge is 0.335 e. The van der Waals surface area contributed by atoms with Gasteiger partial charge in [0.15, 0.2) is 0 Å². The molecule has 0 bridgehead atoms. The van der Waals surface area contributed by atoms with Crippen molar-refractivity contribution in [2.75, 3.05) is 13.1 Å². The Balaban J connectivity index is 0.00000147. The Labute approximate surface area is 123 Å². The van der Waals surface area contributed by atoms with Gasteiger partial charge in [0, 0.05) is 11.9 Å². The number of halogens is 1. The molecule has 0 aliphatic carbocycles. The van der Waals surface area contributed by atoms with Crippen LogP contribution in [0.1, 0.15) is 28.9 Å². The van der Waals surface area contributed by atoms with Crippen molar-refractivity contribution in [3.05, 3.63) is 41.6 Å². The number of carbonyl (C=O) groups is 1. The molecule has 3 rings (SSSR count). The van der Waals surface area contributed by atoms with Crippen molar-refractivity contribution < 1.29 is 9.90 Å². The summed E-state index contributed by atoms with van der Waals surface area (Å²) in [5.41, 5.74) is 2.22. The molecule has 2 aromatic rings. The fourth-order valence-corrected chi connectivity index (χ4v) is 2.56. The summed E-state index contributed by atoms with van der Waals surface area (Å²) in [4.78, 5) is 17.9. The van der Waals surface area contributed by atoms with E-state index in [0.29, 0.717) is 5.56 Å². The van der Waals surface area contributed by atoms with Crippen molar-refractivity contribution in [2.24, 2.45) is 0 Å². The third-order valence-corrected chi connectivity index (χ3v) is 3.58. The minimum Gasteiger partial charge on any atom is -0.478 e. The molecule has 106 valence electrons. The number of likely N-dealkylation sites (tertiary alicyclic amines) is 1. The maximum absolute atomic E-state index is 10.9. The number of nitrogens with zero attached hydrogens (tertiary/aromatic N) is 2. The summed E-state index contributed by atoms with van der Waals surface area (Å²) in [6.45, 7) is 3.19. The lowest BCUT2D eigenvalue weighted by molar-refractivity contribution is 0.0697. The van der Waals surface area contributed by atoms with E-state index in [4.69, 9.17) is 5.11 Å². The molecule has 1 saturated heterocycles. The first kappa shape index (κ1) is 14.8. The van der Waals surface area contributed by atoms with Crippen LogP contribution in [0.4, 0.5) is 0 Å². The summed E-state index contributed by atoms with van der Waals surface area (Å²) < 4.78 is 0. The van der Waals surface area contributed by atoms with Crippen molar-refractivity contribution in [3.63, 3.8) is 0 Å². The van der Waals surface area contributed by atoms with Gasteiger partial charge in [0.2, 0.25) is 0 Å². The van der Waals surface area contributed by atoms with Crippen LogP contribution >= 0.6 is 12.4 Å². The highest BCUT2D eigenvalue weighted by molar-refractivity contribution is 5.93. The highest BCUT2D eigenvalue weighted by Crippen LogP contribution is 2.17. The van der Waals surface area contributed by atoms with Gasteiger partial charge < -0.3 is 5.11 Å². The van der Waals surface area contributed by atoms with Gasteiger partial charge in [-0.05, 0) is 50.2 Å². The van der Waals surface area contributed by atoms with Gasteiger partial charge >= 0.3 is 5.97 Å². The van der Waals surface area contributed by atoms with Crippen LogP contribution in [0, 0.1) is 0 Å². The molecule has 0 unspecified atom stereocenters. The van der Waals surface area contributed by atoms with E-state index in [-0.39, 0.29) is 12.4 Å². The van der Waals surface area contributed by atoms with E-state index in [1.54, 1.807) is 18.2 Å². The molecule has 4 nitrogen and oxygen atoms in total. The highest BCUT2D eigenvalue weighted by Gasteiger charge is 2.12. The van der Waals surface area contributed by atoms with Crippen molar-refractivity contribution in [1.82, 2.24) is 9.88 Å². The first-order chi connectivity index (χ1) is 9.22. The number of aromatic nitrogens is 1. The minimum atomic E-state index is -0.900. The molecule has 5 heteroatoms. The van der Waals surface area contributed by atoms with Gasteiger partial charge in [-0.15, -0.1) is 12.4 Å². The quantitative estimate of drug-likeness (QED) is 0.945. The number of hydrogen-bond acceptors (Lipinski definition) is 3. The molecule has 20 heavy (non-hydrogen) atoms. The Bertz CT molecular complexity index is 624. The fraction of sp³-hybridized carbons (Fsp3) is 0.333. The molecule has 0 saturated carbocycles. The van der Waals surface area contributed by atoms with Gasteiger partial charge in [-0.3, -0.25) is 9.88 Å². The number of carboxylic acid groups (broad SMARTS) is 1. The number of carboxylic acids is 1. The Kier molecular flexibility index (Phi) is 4.57. The molecule has 1 aromatic carbocycles. The van der Waals surface area contributed by atoms with Crippen LogP contribution in [-0.2, 0) is 6.54 Å². The zero-order chi connectivity index (χ0) is 13.2. The van der Waals surface area contributed by atoms with Gasteiger partial charge in [-0.2, -0.15) is 0 Å². The Morgan fingerprint density at radius 3 is 2.65 bits per heavy atom. The van der Waals surface area contributed by atoms with Crippen LogP contribution in [0.15, 0.2) is 30.3 Å². The topological polar surface area (TPSA) is 53.4 Å². The first-order valence-electron chi connectivity index (χ1n) is 6.58. The van der Waals surface area contributed by atoms with E-state index < -0.39 is 5.97 Å². The normalized spacial score (nSPS) is 15.2. The van der Waals surface area contributed by atoms with Gasteiger partial charge in [0.05, 0.1) is 16.8 Å². The van der Waals surface area contributed by atoms with Crippen LogP contribution in [0.5, 0.6) is 0 Å². The summed E-state index contributed by atoms with van der Waals surface area (Å²) in [5.74, 6) is -0.900. The van der Waals surface area contributed by atoms with Crippen LogP contribution in [0.25, 0.3) is 10.9 Å². The SMILES string of the molecule is Cl.O=C(O)c1ccc2nc(CN3CCCC3)ccc2c1. The van der Waals surface area contributed by atoms with E-state index in [0.717, 1.165) is 36.2 Å².